The van der Waals surface area contributed by atoms with Crippen LogP contribution in [0.4, 0.5) is 5.82 Å². The molecule has 2 aliphatic heterocycles. The third-order valence-electron chi connectivity index (χ3n) is 7.72. The van der Waals surface area contributed by atoms with Crippen molar-refractivity contribution >= 4 is 52.1 Å². The quantitative estimate of drug-likeness (QED) is 0.185. The molecule has 10 heteroatoms. The Hall–Kier alpha value is -2.64. The lowest BCUT2D eigenvalue weighted by Gasteiger charge is -2.34. The van der Waals surface area contributed by atoms with Gasteiger partial charge in [-0.2, -0.15) is 5.26 Å². The highest BCUT2D eigenvalue weighted by Crippen LogP contribution is 2.36. The highest BCUT2D eigenvalue weighted by Gasteiger charge is 2.33. The number of nitriles is 1. The van der Waals surface area contributed by atoms with E-state index in [1.54, 1.807) is 23.4 Å². The third-order valence-corrected chi connectivity index (χ3v) is 9.10. The molecule has 2 saturated heterocycles. The molecule has 0 spiro atoms. The SMILES string of the molecule is Cc1c(C=C2SC(=S)N(CCCCCCCCCCC(=O)O)C2=O)c(N2CCC(C)CC2)n(C)c(=O)c1C#N. The Kier molecular flexibility index (Phi) is 11.6. The predicted octanol–water partition coefficient (Wildman–Crippen LogP) is 5.60. The van der Waals surface area contributed by atoms with Crippen molar-refractivity contribution in [3.63, 3.8) is 0 Å². The van der Waals surface area contributed by atoms with Crippen molar-refractivity contribution in [2.45, 2.75) is 84.5 Å². The minimum atomic E-state index is -0.728. The second kappa shape index (κ2) is 14.7. The van der Waals surface area contributed by atoms with Crippen LogP contribution in [-0.4, -0.2) is 50.4 Å². The van der Waals surface area contributed by atoms with Crippen LogP contribution in [0.2, 0.25) is 0 Å². The fourth-order valence-corrected chi connectivity index (χ4v) is 6.54. The number of nitrogens with zero attached hydrogens (tertiary/aromatic N) is 4. The van der Waals surface area contributed by atoms with E-state index in [4.69, 9.17) is 17.3 Å². The molecule has 0 saturated carbocycles. The van der Waals surface area contributed by atoms with E-state index in [0.29, 0.717) is 27.3 Å². The molecule has 2 fully saturated rings. The van der Waals surface area contributed by atoms with Crippen LogP contribution >= 0.6 is 24.0 Å². The number of thioether (sulfide) groups is 1. The fraction of sp³-hybridized carbons (Fsp3) is 0.621. The van der Waals surface area contributed by atoms with E-state index >= 15 is 0 Å². The normalized spacial score (nSPS) is 17.3. The molecule has 1 N–H and O–H groups in total. The first-order chi connectivity index (χ1) is 18.6. The summed E-state index contributed by atoms with van der Waals surface area (Å²) in [5.41, 5.74) is 1.14. The summed E-state index contributed by atoms with van der Waals surface area (Å²) in [4.78, 5) is 41.3. The number of amides is 1. The van der Waals surface area contributed by atoms with Crippen molar-refractivity contribution in [3.05, 3.63) is 31.9 Å². The average Bonchev–Trinajstić information content (AvgIpc) is 3.16. The van der Waals surface area contributed by atoms with Gasteiger partial charge in [0.2, 0.25) is 0 Å². The molecule has 0 aliphatic carbocycles. The Morgan fingerprint density at radius 3 is 2.28 bits per heavy atom. The van der Waals surface area contributed by atoms with Crippen LogP contribution < -0.4 is 10.5 Å². The number of anilines is 1. The number of pyridine rings is 1. The molecule has 0 unspecified atom stereocenters. The second-order valence-electron chi connectivity index (χ2n) is 10.7. The number of aliphatic carboxylic acids is 1. The number of carboxylic acid groups (broad SMARTS) is 1. The Morgan fingerprint density at radius 1 is 1.10 bits per heavy atom. The van der Waals surface area contributed by atoms with Crippen molar-refractivity contribution < 1.29 is 14.7 Å². The first kappa shape index (κ1) is 30.9. The number of hydrogen-bond acceptors (Lipinski definition) is 7. The molecule has 0 radical (unpaired) electrons. The lowest BCUT2D eigenvalue weighted by atomic mass is 9.97. The van der Waals surface area contributed by atoms with E-state index in [-0.39, 0.29) is 23.5 Å². The Labute approximate surface area is 241 Å². The van der Waals surface area contributed by atoms with Gasteiger partial charge in [-0.3, -0.25) is 23.9 Å². The molecule has 1 amide bonds. The summed E-state index contributed by atoms with van der Waals surface area (Å²) in [7, 11) is 1.70. The van der Waals surface area contributed by atoms with Gasteiger partial charge in [0.15, 0.2) is 0 Å². The largest absolute Gasteiger partial charge is 0.481 e. The van der Waals surface area contributed by atoms with Gasteiger partial charge in [-0.05, 0) is 50.2 Å². The second-order valence-corrected chi connectivity index (χ2v) is 12.4. The standard InChI is InChI=1S/C29H40N4O4S2/c1-20-13-16-32(17-14-20)26-22(21(2)23(19-30)27(36)31(26)3)18-24-28(37)33(29(38)39-24)15-11-9-7-5-4-6-8-10-12-25(34)35/h18,20H,4-17H2,1-3H3,(H,34,35). The molecule has 0 bridgehead atoms. The van der Waals surface area contributed by atoms with Gasteiger partial charge < -0.3 is 10.0 Å². The molecule has 0 aromatic carbocycles. The van der Waals surface area contributed by atoms with E-state index in [9.17, 15) is 19.6 Å². The zero-order valence-corrected chi connectivity index (χ0v) is 25.0. The van der Waals surface area contributed by atoms with E-state index in [2.05, 4.69) is 17.9 Å². The number of thiocarbonyl (C=S) groups is 1. The molecule has 2 aliphatic rings. The number of carbonyl (C=O) groups excluding carboxylic acids is 1. The van der Waals surface area contributed by atoms with E-state index in [1.807, 2.05) is 6.08 Å². The molecular weight excluding hydrogens is 532 g/mol. The summed E-state index contributed by atoms with van der Waals surface area (Å²) in [6, 6.07) is 2.07. The van der Waals surface area contributed by atoms with Crippen molar-refractivity contribution in [2.24, 2.45) is 13.0 Å². The maximum atomic E-state index is 13.3. The van der Waals surface area contributed by atoms with Gasteiger partial charge in [0, 0.05) is 38.7 Å². The molecular formula is C29H40N4O4S2. The number of carboxylic acids is 1. The summed E-state index contributed by atoms with van der Waals surface area (Å²) in [6.45, 7) is 6.24. The van der Waals surface area contributed by atoms with Crippen LogP contribution in [0.15, 0.2) is 9.70 Å². The van der Waals surface area contributed by atoms with Crippen LogP contribution in [-0.2, 0) is 16.6 Å². The zero-order chi connectivity index (χ0) is 28.5. The Balaban J connectivity index is 1.65. The fourth-order valence-electron chi connectivity index (χ4n) is 5.25. The number of hydrogen-bond donors (Lipinski definition) is 1. The van der Waals surface area contributed by atoms with Crippen molar-refractivity contribution in [3.8, 4) is 6.07 Å². The molecule has 3 rings (SSSR count). The predicted molar refractivity (Wildman–Crippen MR) is 161 cm³/mol. The highest BCUT2D eigenvalue weighted by molar-refractivity contribution is 8.26. The summed E-state index contributed by atoms with van der Waals surface area (Å²) >= 11 is 6.84. The summed E-state index contributed by atoms with van der Waals surface area (Å²) in [6.07, 6.45) is 12.1. The van der Waals surface area contributed by atoms with Crippen molar-refractivity contribution in [2.75, 3.05) is 24.5 Å². The van der Waals surface area contributed by atoms with Crippen LogP contribution in [0, 0.1) is 24.2 Å². The minimum Gasteiger partial charge on any atom is -0.481 e. The average molecular weight is 573 g/mol. The molecule has 8 nitrogen and oxygen atoms in total. The van der Waals surface area contributed by atoms with E-state index in [0.717, 1.165) is 88.7 Å². The highest BCUT2D eigenvalue weighted by atomic mass is 32.2. The number of piperidine rings is 1. The molecule has 3 heterocycles. The van der Waals surface area contributed by atoms with Gasteiger partial charge in [-0.25, -0.2) is 0 Å². The van der Waals surface area contributed by atoms with Crippen LogP contribution in [0.3, 0.4) is 0 Å². The topological polar surface area (TPSA) is 107 Å². The molecule has 212 valence electrons. The summed E-state index contributed by atoms with van der Waals surface area (Å²) in [5, 5.41) is 18.4. The van der Waals surface area contributed by atoms with Gasteiger partial charge in [0.1, 0.15) is 21.8 Å². The van der Waals surface area contributed by atoms with Gasteiger partial charge in [-0.15, -0.1) is 0 Å². The smallest absolute Gasteiger partial charge is 0.303 e. The van der Waals surface area contributed by atoms with Gasteiger partial charge in [0.05, 0.1) is 4.91 Å². The minimum absolute atomic E-state index is 0.107. The molecule has 39 heavy (non-hydrogen) atoms. The van der Waals surface area contributed by atoms with E-state index < -0.39 is 5.97 Å². The number of unbranched alkanes of at least 4 members (excludes halogenated alkanes) is 7. The van der Waals surface area contributed by atoms with Crippen molar-refractivity contribution in [1.82, 2.24) is 9.47 Å². The summed E-state index contributed by atoms with van der Waals surface area (Å²) < 4.78 is 2.10. The first-order valence-corrected chi connectivity index (χ1v) is 15.2. The zero-order valence-electron chi connectivity index (χ0n) is 23.3. The Bertz CT molecular complexity index is 1210. The van der Waals surface area contributed by atoms with Crippen LogP contribution in [0.1, 0.15) is 94.2 Å². The lowest BCUT2D eigenvalue weighted by molar-refractivity contribution is -0.137. The molecule has 0 atom stereocenters. The Morgan fingerprint density at radius 2 is 1.69 bits per heavy atom. The third kappa shape index (κ3) is 7.95. The first-order valence-electron chi connectivity index (χ1n) is 14.0. The van der Waals surface area contributed by atoms with Gasteiger partial charge in [-0.1, -0.05) is 69.4 Å². The van der Waals surface area contributed by atoms with Crippen LogP contribution in [0.5, 0.6) is 0 Å². The van der Waals surface area contributed by atoms with E-state index in [1.165, 1.54) is 11.8 Å². The van der Waals surface area contributed by atoms with Crippen LogP contribution in [0.25, 0.3) is 6.08 Å². The summed E-state index contributed by atoms with van der Waals surface area (Å²) in [5.74, 6) is 0.542. The van der Waals surface area contributed by atoms with Crippen molar-refractivity contribution in [1.29, 1.82) is 5.26 Å². The maximum Gasteiger partial charge on any atom is 0.303 e. The maximum absolute atomic E-state index is 13.3. The number of rotatable bonds is 13. The van der Waals surface area contributed by atoms with Gasteiger partial charge in [0.25, 0.3) is 11.5 Å². The number of aromatic nitrogens is 1. The molecule has 1 aromatic rings. The lowest BCUT2D eigenvalue weighted by Crippen LogP contribution is -2.38. The van der Waals surface area contributed by atoms with Gasteiger partial charge >= 0.3 is 5.97 Å². The number of carbonyl (C=O) groups is 2. The monoisotopic (exact) mass is 572 g/mol. The molecule has 1 aromatic heterocycles.